The van der Waals surface area contributed by atoms with Gasteiger partial charge in [0.25, 0.3) is 5.91 Å². The number of halogens is 1. The van der Waals surface area contributed by atoms with Crippen molar-refractivity contribution in [2.45, 2.75) is 71.9 Å². The van der Waals surface area contributed by atoms with Gasteiger partial charge in [-0.05, 0) is 47.4 Å². The number of carboxylic acid groups (broad SMARTS) is 1. The van der Waals surface area contributed by atoms with Gasteiger partial charge in [-0.25, -0.2) is 9.78 Å². The minimum atomic E-state index is -0.986. The van der Waals surface area contributed by atoms with Crippen molar-refractivity contribution in [3.63, 3.8) is 0 Å². The second-order valence-electron chi connectivity index (χ2n) is 12.1. The fourth-order valence-electron chi connectivity index (χ4n) is 5.54. The molecule has 0 saturated heterocycles. The molecule has 0 saturated carbocycles. The topological polar surface area (TPSA) is 142 Å². The number of aliphatic hydroxyl groups is 1. The van der Waals surface area contributed by atoms with Crippen LogP contribution in [-0.2, 0) is 19.5 Å². The second-order valence-corrected chi connectivity index (χ2v) is 12.4. The summed E-state index contributed by atoms with van der Waals surface area (Å²) in [5.41, 5.74) is 4.34. The van der Waals surface area contributed by atoms with Gasteiger partial charge in [-0.1, -0.05) is 87.3 Å². The van der Waals surface area contributed by atoms with Gasteiger partial charge in [-0.15, -0.1) is 0 Å². The van der Waals surface area contributed by atoms with E-state index in [0.29, 0.717) is 64.3 Å². The van der Waals surface area contributed by atoms with Crippen molar-refractivity contribution in [2.24, 2.45) is 0 Å². The highest BCUT2D eigenvalue weighted by Gasteiger charge is 2.19. The second kappa shape index (κ2) is 16.0. The van der Waals surface area contributed by atoms with Gasteiger partial charge in [-0.2, -0.15) is 0 Å². The zero-order chi connectivity index (χ0) is 34.2. The molecule has 252 valence electrons. The molecule has 5 N–H and O–H groups in total. The molecule has 0 aliphatic heterocycles. The van der Waals surface area contributed by atoms with Gasteiger partial charge in [0.05, 0.1) is 24.3 Å². The van der Waals surface area contributed by atoms with Gasteiger partial charge in [0.1, 0.15) is 22.4 Å². The lowest BCUT2D eigenvalue weighted by atomic mass is 9.99. The van der Waals surface area contributed by atoms with Crippen LogP contribution in [0.2, 0.25) is 5.15 Å². The first kappa shape index (κ1) is 34.7. The lowest BCUT2D eigenvalue weighted by Crippen LogP contribution is -2.28. The number of imidazole rings is 1. The first-order chi connectivity index (χ1) is 23.1. The maximum Gasteiger partial charge on any atom is 0.336 e. The van der Waals surface area contributed by atoms with Crippen molar-refractivity contribution >= 4 is 34.4 Å². The minimum Gasteiger partial charge on any atom is -0.478 e. The number of aromatic nitrogens is 3. The Morgan fingerprint density at radius 2 is 1.83 bits per heavy atom. The number of aliphatic hydroxyl groups excluding tert-OH is 1. The molecular formula is C37H42ClN5O5. The van der Waals surface area contributed by atoms with Gasteiger partial charge < -0.3 is 35.1 Å². The Morgan fingerprint density at radius 1 is 1.06 bits per heavy atom. The third kappa shape index (κ3) is 8.44. The Kier molecular flexibility index (Phi) is 11.5. The Labute approximate surface area is 285 Å². The quantitative estimate of drug-likeness (QED) is 0.0728. The maximum absolute atomic E-state index is 13.3. The molecule has 2 heterocycles. The number of carbonyl (C=O) groups is 2. The number of hydrogen-bond acceptors (Lipinski definition) is 6. The third-order valence-corrected chi connectivity index (χ3v) is 8.48. The number of amides is 1. The summed E-state index contributed by atoms with van der Waals surface area (Å²) in [6.07, 6.45) is 2.10. The van der Waals surface area contributed by atoms with Crippen LogP contribution in [0.4, 0.5) is 0 Å². The van der Waals surface area contributed by atoms with Crippen LogP contribution < -0.4 is 15.4 Å². The van der Waals surface area contributed by atoms with E-state index in [9.17, 15) is 19.8 Å². The van der Waals surface area contributed by atoms with Crippen molar-refractivity contribution in [1.82, 2.24) is 25.2 Å². The number of nitrogens with one attached hydrogen (secondary N) is 3. The van der Waals surface area contributed by atoms with Crippen LogP contribution in [0.3, 0.4) is 0 Å². The molecule has 10 nitrogen and oxygen atoms in total. The van der Waals surface area contributed by atoms with E-state index in [-0.39, 0.29) is 18.0 Å². The molecule has 2 aromatic heterocycles. The van der Waals surface area contributed by atoms with Crippen LogP contribution in [-0.4, -0.2) is 55.5 Å². The zero-order valence-corrected chi connectivity index (χ0v) is 28.2. The van der Waals surface area contributed by atoms with Gasteiger partial charge >= 0.3 is 5.97 Å². The van der Waals surface area contributed by atoms with Crippen LogP contribution in [0.25, 0.3) is 22.0 Å². The molecule has 0 aliphatic carbocycles. The van der Waals surface area contributed by atoms with Crippen molar-refractivity contribution in [1.29, 1.82) is 0 Å². The highest BCUT2D eigenvalue weighted by atomic mass is 35.5. The Morgan fingerprint density at radius 3 is 2.56 bits per heavy atom. The van der Waals surface area contributed by atoms with Gasteiger partial charge in [-0.3, -0.25) is 4.79 Å². The number of benzene rings is 3. The molecule has 1 atom stereocenters. The van der Waals surface area contributed by atoms with E-state index in [4.69, 9.17) is 21.3 Å². The molecule has 11 heteroatoms. The number of ether oxygens (including phenoxy) is 1. The highest BCUT2D eigenvalue weighted by molar-refractivity contribution is 6.30. The monoisotopic (exact) mass is 671 g/mol. The molecular weight excluding hydrogens is 630 g/mol. The smallest absolute Gasteiger partial charge is 0.336 e. The molecule has 0 bridgehead atoms. The number of hydrogen-bond donors (Lipinski definition) is 5. The Bertz CT molecular complexity index is 1860. The summed E-state index contributed by atoms with van der Waals surface area (Å²) in [5, 5.41) is 27.3. The number of aromatic carboxylic acids is 1. The van der Waals surface area contributed by atoms with E-state index in [1.54, 1.807) is 30.3 Å². The number of unbranched alkanes of at least 4 members (excludes halogenated alkanes) is 1. The van der Waals surface area contributed by atoms with E-state index >= 15 is 0 Å². The Hall–Kier alpha value is -4.64. The molecule has 48 heavy (non-hydrogen) atoms. The molecule has 3 aromatic carbocycles. The number of nitrogens with zero attached hydrogens (tertiary/aromatic N) is 2. The van der Waals surface area contributed by atoms with Crippen LogP contribution >= 0.6 is 11.6 Å². The molecule has 0 spiro atoms. The van der Waals surface area contributed by atoms with Crippen LogP contribution in [0, 0.1) is 0 Å². The zero-order valence-electron chi connectivity index (χ0n) is 27.4. The maximum atomic E-state index is 13.3. The predicted molar refractivity (Wildman–Crippen MR) is 188 cm³/mol. The number of aromatic amines is 1. The number of carbonyl (C=O) groups excluding carboxylic acids is 1. The SMILES string of the molecule is CCCCc1nc(CNC(=O)c2cc3c(OC(O)CCNC(C)C)cccc3[nH]2)c(Cl)n1Cc1ccc(-c2ccccc2C(=O)O)cc1. The summed E-state index contributed by atoms with van der Waals surface area (Å²) in [6, 6.07) is 22.1. The van der Waals surface area contributed by atoms with Crippen LogP contribution in [0.15, 0.2) is 72.8 Å². The van der Waals surface area contributed by atoms with Gasteiger partial charge in [0.15, 0.2) is 6.29 Å². The molecule has 1 amide bonds. The van der Waals surface area contributed by atoms with Crippen LogP contribution in [0.1, 0.15) is 78.0 Å². The number of H-pyrrole nitrogens is 1. The molecule has 0 aliphatic rings. The van der Waals surface area contributed by atoms with E-state index in [2.05, 4.69) is 22.5 Å². The van der Waals surface area contributed by atoms with Gasteiger partial charge in [0, 0.05) is 36.3 Å². The summed E-state index contributed by atoms with van der Waals surface area (Å²) in [4.78, 5) is 32.9. The average Bonchev–Trinajstić information content (AvgIpc) is 3.64. The number of carboxylic acids is 1. The molecule has 1 unspecified atom stereocenters. The van der Waals surface area contributed by atoms with E-state index in [1.165, 1.54) is 0 Å². The first-order valence-electron chi connectivity index (χ1n) is 16.3. The molecule has 5 rings (SSSR count). The lowest BCUT2D eigenvalue weighted by Gasteiger charge is -2.15. The summed E-state index contributed by atoms with van der Waals surface area (Å²) in [6.45, 7) is 7.42. The normalized spacial score (nSPS) is 12.0. The summed E-state index contributed by atoms with van der Waals surface area (Å²) in [7, 11) is 0. The summed E-state index contributed by atoms with van der Waals surface area (Å²) < 4.78 is 7.76. The molecule has 0 fully saturated rings. The summed E-state index contributed by atoms with van der Waals surface area (Å²) >= 11 is 6.89. The number of fused-ring (bicyclic) bond motifs is 1. The number of aryl methyl sites for hydroxylation is 1. The molecule has 0 radical (unpaired) electrons. The van der Waals surface area contributed by atoms with E-state index in [0.717, 1.165) is 36.2 Å². The largest absolute Gasteiger partial charge is 0.478 e. The van der Waals surface area contributed by atoms with Gasteiger partial charge in [0.2, 0.25) is 0 Å². The van der Waals surface area contributed by atoms with E-state index in [1.807, 2.05) is 60.9 Å². The number of rotatable bonds is 16. The first-order valence-corrected chi connectivity index (χ1v) is 16.7. The highest BCUT2D eigenvalue weighted by Crippen LogP contribution is 2.29. The predicted octanol–water partition coefficient (Wildman–Crippen LogP) is 6.79. The Balaban J connectivity index is 1.28. The van der Waals surface area contributed by atoms with Crippen molar-refractivity contribution in [2.75, 3.05) is 6.54 Å². The lowest BCUT2D eigenvalue weighted by molar-refractivity contribution is -0.0215. The van der Waals surface area contributed by atoms with Crippen molar-refractivity contribution < 1.29 is 24.5 Å². The van der Waals surface area contributed by atoms with Crippen molar-refractivity contribution in [3.05, 3.63) is 106 Å². The average molecular weight is 672 g/mol. The fraction of sp³-hybridized carbons (Fsp3) is 0.324. The molecule has 5 aromatic rings. The summed E-state index contributed by atoms with van der Waals surface area (Å²) in [5.74, 6) is 0.0307. The van der Waals surface area contributed by atoms with Crippen molar-refractivity contribution in [3.8, 4) is 16.9 Å². The fourth-order valence-corrected chi connectivity index (χ4v) is 5.80. The minimum absolute atomic E-state index is 0.134. The third-order valence-electron chi connectivity index (χ3n) is 8.06. The van der Waals surface area contributed by atoms with E-state index < -0.39 is 12.3 Å². The van der Waals surface area contributed by atoms with Crippen LogP contribution in [0.5, 0.6) is 5.75 Å². The standard InChI is InChI=1S/C37H42ClN5O5/c1-4-5-13-33-42-31(35(38)43(33)22-24-14-16-25(17-15-24)26-9-6-7-10-27(26)37(46)47)21-40-36(45)30-20-28-29(41-30)11-8-12-32(28)48-34(44)18-19-39-23(2)3/h6-12,14-17,20,23,34,39,41,44H,4-5,13,18-19,21-22H2,1-3H3,(H,40,45)(H,46,47).